The van der Waals surface area contributed by atoms with E-state index in [1.807, 2.05) is 12.3 Å². The summed E-state index contributed by atoms with van der Waals surface area (Å²) in [6, 6.07) is 0.416. The Morgan fingerprint density at radius 1 is 1.11 bits per heavy atom. The molecule has 0 bridgehead atoms. The van der Waals surface area contributed by atoms with Gasteiger partial charge >= 0.3 is 12.0 Å². The summed E-state index contributed by atoms with van der Waals surface area (Å²) in [6.07, 6.45) is 0. The summed E-state index contributed by atoms with van der Waals surface area (Å²) < 4.78 is 9.92. The Balaban J connectivity index is 2.08. The molecule has 18 heavy (non-hydrogen) atoms. The van der Waals surface area contributed by atoms with Gasteiger partial charge in [0.25, 0.3) is 0 Å². The molecule has 0 radical (unpaired) electrons. The number of anilines is 1. The third-order valence-corrected chi connectivity index (χ3v) is 2.99. The fourth-order valence-corrected chi connectivity index (χ4v) is 1.95. The first-order valence-electron chi connectivity index (χ1n) is 5.20. The first kappa shape index (κ1) is 12.5. The summed E-state index contributed by atoms with van der Waals surface area (Å²) in [5, 5.41) is 6.00. The molecule has 0 aliphatic carbocycles. The molecule has 0 fully saturated rings. The molecule has 0 saturated heterocycles. The van der Waals surface area contributed by atoms with Gasteiger partial charge < -0.3 is 14.8 Å². The van der Waals surface area contributed by atoms with Crippen molar-refractivity contribution in [2.24, 2.45) is 0 Å². The second kappa shape index (κ2) is 5.58. The highest BCUT2D eigenvalue weighted by Gasteiger charge is 2.07. The average molecular weight is 267 g/mol. The Morgan fingerprint density at radius 2 is 1.78 bits per heavy atom. The van der Waals surface area contributed by atoms with Gasteiger partial charge in [0.15, 0.2) is 0 Å². The number of methoxy groups -OCH3 is 2. The van der Waals surface area contributed by atoms with Crippen molar-refractivity contribution in [2.45, 2.75) is 13.5 Å². The molecule has 0 atom stereocenters. The van der Waals surface area contributed by atoms with E-state index in [4.69, 9.17) is 9.47 Å². The first-order chi connectivity index (χ1) is 8.71. The van der Waals surface area contributed by atoms with Crippen molar-refractivity contribution in [3.05, 3.63) is 16.1 Å². The van der Waals surface area contributed by atoms with Crippen LogP contribution in [0.2, 0.25) is 0 Å². The maximum atomic E-state index is 4.96. The van der Waals surface area contributed by atoms with Crippen molar-refractivity contribution in [1.82, 2.24) is 19.9 Å². The minimum atomic E-state index is 0.208. The van der Waals surface area contributed by atoms with Crippen molar-refractivity contribution in [1.29, 1.82) is 0 Å². The largest absolute Gasteiger partial charge is 0.467 e. The number of rotatable bonds is 5. The molecule has 2 aromatic rings. The second-order valence-electron chi connectivity index (χ2n) is 3.37. The molecule has 8 heteroatoms. The molecule has 0 aromatic carbocycles. The average Bonchev–Trinajstić information content (AvgIpc) is 2.81. The fourth-order valence-electron chi connectivity index (χ4n) is 1.24. The van der Waals surface area contributed by atoms with Gasteiger partial charge in [0, 0.05) is 11.1 Å². The number of hydrogen-bond acceptors (Lipinski definition) is 8. The van der Waals surface area contributed by atoms with E-state index in [1.54, 1.807) is 11.3 Å². The number of nitrogens with zero attached hydrogens (tertiary/aromatic N) is 4. The highest BCUT2D eigenvalue weighted by Crippen LogP contribution is 2.14. The number of thiazole rings is 1. The summed E-state index contributed by atoms with van der Waals surface area (Å²) in [5.41, 5.74) is 1.00. The molecule has 7 nitrogen and oxygen atoms in total. The highest BCUT2D eigenvalue weighted by molar-refractivity contribution is 7.09. The quantitative estimate of drug-likeness (QED) is 0.873. The third-order valence-electron chi connectivity index (χ3n) is 2.02. The van der Waals surface area contributed by atoms with Gasteiger partial charge in [0.05, 0.1) is 20.8 Å². The summed E-state index contributed by atoms with van der Waals surface area (Å²) >= 11 is 1.58. The number of nitrogens with one attached hydrogen (secondary N) is 1. The Labute approximate surface area is 108 Å². The fraction of sp³-hybridized carbons (Fsp3) is 0.400. The van der Waals surface area contributed by atoms with E-state index in [2.05, 4.69) is 25.3 Å². The van der Waals surface area contributed by atoms with Crippen molar-refractivity contribution >= 4 is 17.3 Å². The molecule has 0 aliphatic heterocycles. The van der Waals surface area contributed by atoms with E-state index >= 15 is 0 Å². The van der Waals surface area contributed by atoms with Gasteiger partial charge in [-0.15, -0.1) is 16.3 Å². The van der Waals surface area contributed by atoms with Gasteiger partial charge in [-0.2, -0.15) is 9.97 Å². The topological polar surface area (TPSA) is 82.0 Å². The van der Waals surface area contributed by atoms with E-state index in [0.717, 1.165) is 10.7 Å². The van der Waals surface area contributed by atoms with Crippen LogP contribution >= 0.6 is 11.3 Å². The molecular weight excluding hydrogens is 254 g/mol. The maximum absolute atomic E-state index is 4.96. The lowest BCUT2D eigenvalue weighted by Gasteiger charge is -2.05. The molecule has 2 aromatic heterocycles. The van der Waals surface area contributed by atoms with Crippen LogP contribution in [-0.4, -0.2) is 34.2 Å². The van der Waals surface area contributed by atoms with Crippen molar-refractivity contribution < 1.29 is 9.47 Å². The van der Waals surface area contributed by atoms with Crippen LogP contribution in [-0.2, 0) is 6.54 Å². The molecule has 1 N–H and O–H groups in total. The third kappa shape index (κ3) is 3.04. The summed E-state index contributed by atoms with van der Waals surface area (Å²) in [4.78, 5) is 16.4. The number of ether oxygens (including phenoxy) is 2. The number of hydrogen-bond donors (Lipinski definition) is 1. The maximum Gasteiger partial charge on any atom is 0.324 e. The van der Waals surface area contributed by atoms with E-state index in [-0.39, 0.29) is 12.0 Å². The van der Waals surface area contributed by atoms with Crippen molar-refractivity contribution in [2.75, 3.05) is 19.5 Å². The molecule has 2 heterocycles. The van der Waals surface area contributed by atoms with E-state index in [9.17, 15) is 0 Å². The van der Waals surface area contributed by atoms with Crippen LogP contribution in [0.15, 0.2) is 5.38 Å². The Hall–Kier alpha value is -1.96. The molecule has 0 saturated carbocycles. The predicted octanol–water partition coefficient (Wildman–Crippen LogP) is 1.27. The lowest BCUT2D eigenvalue weighted by Crippen LogP contribution is -2.07. The summed E-state index contributed by atoms with van der Waals surface area (Å²) in [7, 11) is 2.98. The smallest absolute Gasteiger partial charge is 0.324 e. The molecule has 0 unspecified atom stereocenters. The predicted molar refractivity (Wildman–Crippen MR) is 67.1 cm³/mol. The van der Waals surface area contributed by atoms with Gasteiger partial charge in [0.1, 0.15) is 5.01 Å². The molecule has 96 valence electrons. The number of aromatic nitrogens is 4. The first-order valence-corrected chi connectivity index (χ1v) is 6.08. The minimum absolute atomic E-state index is 0.208. The van der Waals surface area contributed by atoms with Gasteiger partial charge in [0.2, 0.25) is 5.95 Å². The molecule has 2 rings (SSSR count). The normalized spacial score (nSPS) is 10.2. The minimum Gasteiger partial charge on any atom is -0.467 e. The Bertz CT molecular complexity index is 508. The van der Waals surface area contributed by atoms with E-state index in [1.165, 1.54) is 14.2 Å². The van der Waals surface area contributed by atoms with E-state index < -0.39 is 0 Å². The monoisotopic (exact) mass is 267 g/mol. The summed E-state index contributed by atoms with van der Waals surface area (Å²) in [6.45, 7) is 2.50. The van der Waals surface area contributed by atoms with Crippen LogP contribution in [0.5, 0.6) is 12.0 Å². The van der Waals surface area contributed by atoms with E-state index in [0.29, 0.717) is 12.5 Å². The lowest BCUT2D eigenvalue weighted by molar-refractivity contribution is 0.341. The molecule has 0 spiro atoms. The van der Waals surface area contributed by atoms with Crippen LogP contribution in [0.3, 0.4) is 0 Å². The standard InChI is InChI=1S/C10H13N5O2S/c1-6-5-18-7(12-6)4-11-8-13-9(16-2)15-10(14-8)17-3/h5H,4H2,1-3H3,(H,11,13,14,15). The van der Waals surface area contributed by atoms with Crippen LogP contribution in [0, 0.1) is 6.92 Å². The van der Waals surface area contributed by atoms with Crippen molar-refractivity contribution in [3.63, 3.8) is 0 Å². The molecule has 0 aliphatic rings. The van der Waals surface area contributed by atoms with Gasteiger partial charge in [-0.3, -0.25) is 0 Å². The van der Waals surface area contributed by atoms with Gasteiger partial charge in [-0.1, -0.05) is 0 Å². The van der Waals surface area contributed by atoms with Crippen LogP contribution in [0.25, 0.3) is 0 Å². The highest BCUT2D eigenvalue weighted by atomic mass is 32.1. The van der Waals surface area contributed by atoms with Crippen LogP contribution < -0.4 is 14.8 Å². The number of aryl methyl sites for hydroxylation is 1. The zero-order valence-corrected chi connectivity index (χ0v) is 11.1. The van der Waals surface area contributed by atoms with Crippen LogP contribution in [0.1, 0.15) is 10.7 Å². The van der Waals surface area contributed by atoms with Crippen molar-refractivity contribution in [3.8, 4) is 12.0 Å². The van der Waals surface area contributed by atoms with Crippen LogP contribution in [0.4, 0.5) is 5.95 Å². The summed E-state index contributed by atoms with van der Waals surface area (Å²) in [5.74, 6) is 0.395. The zero-order chi connectivity index (χ0) is 13.0. The zero-order valence-electron chi connectivity index (χ0n) is 10.3. The Kier molecular flexibility index (Phi) is 3.88. The van der Waals surface area contributed by atoms with Gasteiger partial charge in [-0.05, 0) is 6.92 Å². The lowest BCUT2D eigenvalue weighted by atomic mass is 10.6. The molecular formula is C10H13N5O2S. The SMILES string of the molecule is COc1nc(NCc2nc(C)cs2)nc(OC)n1. The second-order valence-corrected chi connectivity index (χ2v) is 4.31. The Morgan fingerprint density at radius 3 is 2.28 bits per heavy atom. The van der Waals surface area contributed by atoms with Gasteiger partial charge in [-0.25, -0.2) is 4.98 Å². The molecule has 0 amide bonds.